The van der Waals surface area contributed by atoms with Crippen LogP contribution in [-0.4, -0.2) is 56.2 Å². The summed E-state index contributed by atoms with van der Waals surface area (Å²) >= 11 is 6.08. The van der Waals surface area contributed by atoms with Gasteiger partial charge in [-0.3, -0.25) is 4.99 Å². The molecule has 0 bridgehead atoms. The molecule has 0 unspecified atom stereocenters. The van der Waals surface area contributed by atoms with Crippen molar-refractivity contribution in [2.24, 2.45) is 4.99 Å². The topological polar surface area (TPSA) is 53.0 Å². The summed E-state index contributed by atoms with van der Waals surface area (Å²) in [7, 11) is 3.81. The third kappa shape index (κ3) is 5.58. The van der Waals surface area contributed by atoms with Crippen LogP contribution in [0.4, 0.5) is 5.82 Å². The number of aromatic nitrogens is 1. The fourth-order valence-corrected chi connectivity index (χ4v) is 3.30. The number of ether oxygens (including phenoxy) is 1. The second kappa shape index (κ2) is 9.58. The molecule has 1 aliphatic heterocycles. The van der Waals surface area contributed by atoms with Crippen molar-refractivity contribution < 1.29 is 4.74 Å². The van der Waals surface area contributed by atoms with Gasteiger partial charge in [0.25, 0.3) is 0 Å². The van der Waals surface area contributed by atoms with E-state index in [9.17, 15) is 0 Å². The van der Waals surface area contributed by atoms with Crippen molar-refractivity contribution in [1.82, 2.24) is 15.2 Å². The van der Waals surface area contributed by atoms with Crippen LogP contribution in [0.15, 0.2) is 47.6 Å². The van der Waals surface area contributed by atoms with E-state index in [1.165, 1.54) is 5.56 Å². The van der Waals surface area contributed by atoms with Gasteiger partial charge in [0.05, 0.1) is 13.2 Å². The van der Waals surface area contributed by atoms with Gasteiger partial charge in [0.15, 0.2) is 5.96 Å². The van der Waals surface area contributed by atoms with Crippen LogP contribution in [0, 0.1) is 0 Å². The molecule has 1 aliphatic rings. The number of hydrogen-bond acceptors (Lipinski definition) is 4. The van der Waals surface area contributed by atoms with E-state index in [0.717, 1.165) is 55.2 Å². The Balaban J connectivity index is 1.59. The second-order valence-electron chi connectivity index (χ2n) is 6.51. The molecular formula is C20H26ClN5O. The van der Waals surface area contributed by atoms with Crippen LogP contribution in [0.1, 0.15) is 11.1 Å². The molecule has 27 heavy (non-hydrogen) atoms. The molecule has 2 heterocycles. The summed E-state index contributed by atoms with van der Waals surface area (Å²) in [4.78, 5) is 13.2. The molecule has 1 saturated heterocycles. The highest BCUT2D eigenvalue weighted by molar-refractivity contribution is 6.30. The van der Waals surface area contributed by atoms with Gasteiger partial charge in [-0.25, -0.2) is 4.98 Å². The van der Waals surface area contributed by atoms with Crippen LogP contribution in [0.3, 0.4) is 0 Å². The molecule has 1 aromatic carbocycles. The molecule has 144 valence electrons. The number of hydrogen-bond donors (Lipinski definition) is 1. The third-order valence-corrected chi connectivity index (χ3v) is 4.71. The number of nitrogens with zero attached hydrogens (tertiary/aromatic N) is 4. The molecule has 0 aliphatic carbocycles. The van der Waals surface area contributed by atoms with Crippen LogP contribution in [0.25, 0.3) is 0 Å². The predicted octanol–water partition coefficient (Wildman–Crippen LogP) is 2.78. The van der Waals surface area contributed by atoms with E-state index in [1.807, 2.05) is 37.5 Å². The average molecular weight is 388 g/mol. The van der Waals surface area contributed by atoms with Crippen molar-refractivity contribution in [2.45, 2.75) is 13.1 Å². The Bertz CT molecular complexity index is 776. The van der Waals surface area contributed by atoms with Gasteiger partial charge >= 0.3 is 0 Å². The van der Waals surface area contributed by atoms with Crippen molar-refractivity contribution in [2.75, 3.05) is 45.3 Å². The zero-order valence-corrected chi connectivity index (χ0v) is 16.6. The Morgan fingerprint density at radius 3 is 2.81 bits per heavy atom. The van der Waals surface area contributed by atoms with Gasteiger partial charge in [-0.1, -0.05) is 23.7 Å². The molecule has 1 N–H and O–H groups in total. The summed E-state index contributed by atoms with van der Waals surface area (Å²) < 4.78 is 5.42. The number of morpholine rings is 1. The minimum atomic E-state index is 0.687. The summed E-state index contributed by atoms with van der Waals surface area (Å²) in [6, 6.07) is 12.0. The van der Waals surface area contributed by atoms with Crippen LogP contribution in [0.5, 0.6) is 0 Å². The minimum Gasteiger partial charge on any atom is -0.378 e. The van der Waals surface area contributed by atoms with E-state index in [0.29, 0.717) is 6.54 Å². The zero-order valence-electron chi connectivity index (χ0n) is 15.9. The van der Waals surface area contributed by atoms with E-state index < -0.39 is 0 Å². The number of rotatable bonds is 5. The van der Waals surface area contributed by atoms with E-state index in [-0.39, 0.29) is 0 Å². The molecule has 0 saturated carbocycles. The molecule has 3 rings (SSSR count). The molecule has 0 amide bonds. The summed E-state index contributed by atoms with van der Waals surface area (Å²) in [6.45, 7) is 4.69. The van der Waals surface area contributed by atoms with Crippen LogP contribution < -0.4 is 10.2 Å². The quantitative estimate of drug-likeness (QED) is 0.631. The maximum absolute atomic E-state index is 6.08. The van der Waals surface area contributed by atoms with Crippen molar-refractivity contribution in [1.29, 1.82) is 0 Å². The fraction of sp³-hybridized carbons (Fsp3) is 0.400. The largest absolute Gasteiger partial charge is 0.378 e. The Morgan fingerprint density at radius 1 is 1.26 bits per heavy atom. The molecule has 1 aromatic heterocycles. The maximum Gasteiger partial charge on any atom is 0.193 e. The van der Waals surface area contributed by atoms with E-state index in [1.54, 1.807) is 7.05 Å². The highest BCUT2D eigenvalue weighted by Gasteiger charge is 2.13. The predicted molar refractivity (Wildman–Crippen MR) is 110 cm³/mol. The fourth-order valence-electron chi connectivity index (χ4n) is 3.09. The highest BCUT2D eigenvalue weighted by atomic mass is 35.5. The van der Waals surface area contributed by atoms with Crippen molar-refractivity contribution in [3.8, 4) is 0 Å². The smallest absolute Gasteiger partial charge is 0.193 e. The first kappa shape index (κ1) is 19.5. The zero-order chi connectivity index (χ0) is 19.1. The van der Waals surface area contributed by atoms with Gasteiger partial charge in [0.2, 0.25) is 0 Å². The van der Waals surface area contributed by atoms with Gasteiger partial charge in [-0.2, -0.15) is 0 Å². The SMILES string of the molecule is CN=C(NCc1ccnc(N2CCOCC2)c1)N(C)Cc1cccc(Cl)c1. The van der Waals surface area contributed by atoms with Gasteiger partial charge in [0, 0.05) is 51.5 Å². The Morgan fingerprint density at radius 2 is 2.07 bits per heavy atom. The minimum absolute atomic E-state index is 0.687. The summed E-state index contributed by atoms with van der Waals surface area (Å²) in [6.07, 6.45) is 1.86. The number of guanidine groups is 1. The van der Waals surface area contributed by atoms with Crippen LogP contribution in [-0.2, 0) is 17.8 Å². The molecular weight excluding hydrogens is 362 g/mol. The average Bonchev–Trinajstić information content (AvgIpc) is 2.69. The van der Waals surface area contributed by atoms with Gasteiger partial charge in [-0.05, 0) is 35.4 Å². The Hall–Kier alpha value is -2.31. The summed E-state index contributed by atoms with van der Waals surface area (Å²) in [5, 5.41) is 4.17. The van der Waals surface area contributed by atoms with Gasteiger partial charge < -0.3 is 19.9 Å². The number of anilines is 1. The first-order chi connectivity index (χ1) is 13.2. The molecule has 1 fully saturated rings. The van der Waals surface area contributed by atoms with E-state index in [4.69, 9.17) is 16.3 Å². The lowest BCUT2D eigenvalue weighted by atomic mass is 10.2. The van der Waals surface area contributed by atoms with Crippen LogP contribution in [0.2, 0.25) is 5.02 Å². The molecule has 0 spiro atoms. The molecule has 0 radical (unpaired) electrons. The third-order valence-electron chi connectivity index (χ3n) is 4.48. The van der Waals surface area contributed by atoms with E-state index >= 15 is 0 Å². The van der Waals surface area contributed by atoms with Crippen molar-refractivity contribution in [3.63, 3.8) is 0 Å². The maximum atomic E-state index is 6.08. The first-order valence-electron chi connectivity index (χ1n) is 9.09. The normalized spacial score (nSPS) is 14.9. The lowest BCUT2D eigenvalue weighted by molar-refractivity contribution is 0.122. The number of aliphatic imine (C=N–C) groups is 1. The number of benzene rings is 1. The lowest BCUT2D eigenvalue weighted by Crippen LogP contribution is -2.38. The standard InChI is InChI=1S/C20H26ClN5O/c1-22-20(25(2)15-17-4-3-5-18(21)12-17)24-14-16-6-7-23-19(13-16)26-8-10-27-11-9-26/h3-7,12-13H,8-11,14-15H2,1-2H3,(H,22,24). The monoisotopic (exact) mass is 387 g/mol. The molecule has 7 heteroatoms. The number of pyridine rings is 1. The van der Waals surface area contributed by atoms with Gasteiger partial charge in [0.1, 0.15) is 5.82 Å². The van der Waals surface area contributed by atoms with Crippen molar-refractivity contribution >= 4 is 23.4 Å². The van der Waals surface area contributed by atoms with Crippen LogP contribution >= 0.6 is 11.6 Å². The number of halogens is 1. The highest BCUT2D eigenvalue weighted by Crippen LogP contribution is 2.15. The van der Waals surface area contributed by atoms with E-state index in [2.05, 4.69) is 37.2 Å². The summed E-state index contributed by atoms with van der Waals surface area (Å²) in [5.74, 6) is 1.83. The lowest BCUT2D eigenvalue weighted by Gasteiger charge is -2.28. The number of nitrogens with one attached hydrogen (secondary N) is 1. The summed E-state index contributed by atoms with van der Waals surface area (Å²) in [5.41, 5.74) is 2.32. The molecule has 6 nitrogen and oxygen atoms in total. The second-order valence-corrected chi connectivity index (χ2v) is 6.94. The Kier molecular flexibility index (Phi) is 6.90. The first-order valence-corrected chi connectivity index (χ1v) is 9.47. The van der Waals surface area contributed by atoms with Crippen molar-refractivity contribution in [3.05, 3.63) is 58.7 Å². The molecule has 2 aromatic rings. The van der Waals surface area contributed by atoms with Gasteiger partial charge in [-0.15, -0.1) is 0 Å². The molecule has 0 atom stereocenters. The Labute approximate surface area is 165 Å².